The monoisotopic (exact) mass is 564 g/mol. The van der Waals surface area contributed by atoms with Crippen molar-refractivity contribution in [1.82, 2.24) is 5.32 Å². The maximum atomic E-state index is 12.0. The van der Waals surface area contributed by atoms with Crippen LogP contribution in [0.25, 0.3) is 0 Å². The van der Waals surface area contributed by atoms with E-state index in [-0.39, 0.29) is 15.8 Å². The molecule has 0 heterocycles. The molecule has 0 aromatic heterocycles. The van der Waals surface area contributed by atoms with Gasteiger partial charge in [0.2, 0.25) is 0 Å². The van der Waals surface area contributed by atoms with Crippen LogP contribution in [0.15, 0.2) is 54.6 Å². The van der Waals surface area contributed by atoms with Gasteiger partial charge in [-0.25, -0.2) is 4.79 Å². The summed E-state index contributed by atoms with van der Waals surface area (Å²) in [6.07, 6.45) is -5.97. The second-order valence-corrected chi connectivity index (χ2v) is 10.3. The molecule has 2 amide bonds. The van der Waals surface area contributed by atoms with Gasteiger partial charge in [0, 0.05) is 12.0 Å². The molecule has 2 aromatic rings. The molecule has 11 nitrogen and oxygen atoms in total. The summed E-state index contributed by atoms with van der Waals surface area (Å²) >= 11 is -4.76. The fourth-order valence-corrected chi connectivity index (χ4v) is 3.65. The summed E-state index contributed by atoms with van der Waals surface area (Å²) in [5.41, 5.74) is 0.652. The predicted octanol–water partition coefficient (Wildman–Crippen LogP) is 1.09. The number of alkyl halides is 3. The fraction of sp³-hybridized carbons (Fsp3) is 0.200. The maximum absolute atomic E-state index is 12.0. The zero-order valence-corrected chi connectivity index (χ0v) is 19.7. The molecule has 15 heteroatoms. The van der Waals surface area contributed by atoms with Gasteiger partial charge >= 0.3 is 106 Å². The van der Waals surface area contributed by atoms with Crippen LogP contribution in [0.1, 0.15) is 23.7 Å². The van der Waals surface area contributed by atoms with Crippen LogP contribution in [0, 0.1) is 0 Å². The average Bonchev–Trinajstić information content (AvgIpc) is 2.78. The van der Waals surface area contributed by atoms with Crippen LogP contribution in [0.5, 0.6) is 0 Å². The molecule has 2 aromatic carbocycles. The van der Waals surface area contributed by atoms with E-state index in [2.05, 4.69) is 9.19 Å². The predicted molar refractivity (Wildman–Crippen MR) is 114 cm³/mol. The van der Waals surface area contributed by atoms with Crippen molar-refractivity contribution in [2.75, 3.05) is 5.32 Å². The van der Waals surface area contributed by atoms with E-state index < -0.39 is 50.5 Å². The largest absolute Gasteiger partial charge is 0.480 e. The Morgan fingerprint density at radius 3 is 2.00 bits per heavy atom. The van der Waals surface area contributed by atoms with E-state index in [0.29, 0.717) is 5.69 Å². The first-order chi connectivity index (χ1) is 16.2. The molecule has 0 saturated heterocycles. The summed E-state index contributed by atoms with van der Waals surface area (Å²) in [5, 5.41) is 20.7. The average molecular weight is 564 g/mol. The number of anilines is 1. The Morgan fingerprint density at radius 2 is 1.57 bits per heavy atom. The number of halogens is 3. The molecule has 0 spiro atoms. The number of hydrogen-bond acceptors (Lipinski definition) is 7. The number of carboxylic acids is 1. The molecule has 190 valence electrons. The number of amides is 2. The smallest absolute Gasteiger partial charge is 0.471 e. The molecule has 0 radical (unpaired) electrons. The molecule has 0 aliphatic carbocycles. The number of benzene rings is 2. The summed E-state index contributed by atoms with van der Waals surface area (Å²) in [4.78, 5) is 43.9. The van der Waals surface area contributed by atoms with Gasteiger partial charge in [-0.05, 0) is 0 Å². The quantitative estimate of drug-likeness (QED) is 0.136. The zero-order valence-electron chi connectivity index (χ0n) is 17.9. The summed E-state index contributed by atoms with van der Waals surface area (Å²) in [6, 6.07) is 11.0. The third-order valence-electron chi connectivity index (χ3n) is 3.97. The summed E-state index contributed by atoms with van der Waals surface area (Å²) in [7, 11) is 0. The molecule has 0 fully saturated rings. The molecule has 2 rings (SSSR count). The van der Waals surface area contributed by atoms with E-state index in [4.69, 9.17) is 14.5 Å². The Balaban J connectivity index is 0.000000365. The minimum Gasteiger partial charge on any atom is -0.480 e. The number of aliphatic carboxylic acids is 1. The second-order valence-electron chi connectivity index (χ2n) is 6.69. The molecule has 5 N–H and O–H groups in total. The molecule has 0 aliphatic heterocycles. The van der Waals surface area contributed by atoms with E-state index in [9.17, 15) is 36.1 Å². The van der Waals surface area contributed by atoms with Crippen LogP contribution in [0.4, 0.5) is 18.9 Å². The first-order valence-corrected chi connectivity index (χ1v) is 12.7. The van der Waals surface area contributed by atoms with Gasteiger partial charge in [-0.15, -0.1) is 0 Å². The van der Waals surface area contributed by atoms with Gasteiger partial charge in [-0.3, -0.25) is 9.59 Å². The Labute approximate surface area is 198 Å². The first-order valence-electron chi connectivity index (χ1n) is 9.40. The van der Waals surface area contributed by atoms with Gasteiger partial charge in [0.1, 0.15) is 6.04 Å². The van der Waals surface area contributed by atoms with E-state index in [1.165, 1.54) is 60.8 Å². The number of carbonyl (C=O) groups is 4. The van der Waals surface area contributed by atoms with Gasteiger partial charge in [-0.2, -0.15) is 13.2 Å². The summed E-state index contributed by atoms with van der Waals surface area (Å²) < 4.78 is 60.0. The second kappa shape index (κ2) is 12.9. The van der Waals surface area contributed by atoms with Crippen molar-refractivity contribution in [2.24, 2.45) is 0 Å². The van der Waals surface area contributed by atoms with Crippen molar-refractivity contribution in [3.8, 4) is 0 Å². The van der Waals surface area contributed by atoms with E-state index >= 15 is 0 Å². The number of hydrogen-bond donors (Lipinski definition) is 5. The fourth-order valence-electron chi connectivity index (χ4n) is 2.35. The van der Waals surface area contributed by atoms with E-state index in [1.54, 1.807) is 6.07 Å². The first kappa shape index (κ1) is 29.6. The Hall–Kier alpha value is -3.45. The van der Waals surface area contributed by atoms with Crippen LogP contribution in [0.2, 0.25) is 0 Å². The standard InChI is InChI=1S/C12H10F3NO4.C8H10AsNO5/c13-12(14,15)11(20)16-8(10(18)19)6-9(17)7-4-2-1-3-5-7;1-6(11)10-8-4-2-7(3-5-8)9(12,13)15-14/h1-5,8H,6H2,(H,16,20)(H,18,19);2-5,14H,1H3,(H,10,11)(H,12,13). The minimum absolute atomic E-state index is 0.00438. The van der Waals surface area contributed by atoms with Crippen molar-refractivity contribution in [1.29, 1.82) is 0 Å². The minimum atomic E-state index is -5.20. The number of rotatable bonds is 8. The number of carbonyl (C=O) groups excluding carboxylic acids is 3. The number of ketones is 1. The summed E-state index contributed by atoms with van der Waals surface area (Å²) in [5.74, 6) is -5.03. The van der Waals surface area contributed by atoms with Crippen molar-refractivity contribution < 1.29 is 54.4 Å². The molecule has 2 unspecified atom stereocenters. The molecule has 0 aliphatic rings. The van der Waals surface area contributed by atoms with Crippen LogP contribution in [-0.4, -0.2) is 64.4 Å². The van der Waals surface area contributed by atoms with Crippen molar-refractivity contribution >= 4 is 47.8 Å². The third kappa shape index (κ3) is 10.1. The molecular weight excluding hydrogens is 544 g/mol. The van der Waals surface area contributed by atoms with Gasteiger partial charge in [0.05, 0.1) is 0 Å². The Kier molecular flexibility index (Phi) is 10.9. The molecular formula is C20H20AsF3N2O9. The van der Waals surface area contributed by atoms with Crippen molar-refractivity contribution in [3.63, 3.8) is 0 Å². The number of carboxylic acid groups (broad SMARTS) is 1. The van der Waals surface area contributed by atoms with Gasteiger partial charge in [-0.1, -0.05) is 30.3 Å². The molecule has 0 saturated carbocycles. The van der Waals surface area contributed by atoms with Gasteiger partial charge < -0.3 is 10.4 Å². The SMILES string of the molecule is CC(=O)Nc1ccc([As](=O)(O)OO)cc1.O=C(CC(NC(=O)C(F)(F)F)C(=O)O)c1ccccc1. The zero-order chi connectivity index (χ0) is 26.8. The molecule has 35 heavy (non-hydrogen) atoms. The maximum Gasteiger partial charge on any atom is 0.471 e. The Morgan fingerprint density at radius 1 is 1.03 bits per heavy atom. The van der Waals surface area contributed by atoms with E-state index in [1.807, 2.05) is 0 Å². The number of Topliss-reactive ketones (excluding diaryl/α,β-unsaturated/α-hetero) is 1. The van der Waals surface area contributed by atoms with Crippen molar-refractivity contribution in [3.05, 3.63) is 60.2 Å². The van der Waals surface area contributed by atoms with Gasteiger partial charge in [0.25, 0.3) is 0 Å². The summed E-state index contributed by atoms with van der Waals surface area (Å²) in [6.45, 7) is 1.35. The van der Waals surface area contributed by atoms with Crippen LogP contribution in [-0.2, 0) is 22.0 Å². The van der Waals surface area contributed by atoms with Crippen LogP contribution >= 0.6 is 0 Å². The van der Waals surface area contributed by atoms with Crippen LogP contribution < -0.4 is 15.0 Å². The Bertz CT molecular complexity index is 1090. The third-order valence-corrected chi connectivity index (χ3v) is 6.43. The van der Waals surface area contributed by atoms with Crippen LogP contribution in [0.3, 0.4) is 0 Å². The normalized spacial score (nSPS) is 13.3. The van der Waals surface area contributed by atoms with Gasteiger partial charge in [0.15, 0.2) is 5.78 Å². The van der Waals surface area contributed by atoms with Crippen molar-refractivity contribution in [2.45, 2.75) is 25.6 Å². The van der Waals surface area contributed by atoms with E-state index in [0.717, 1.165) is 0 Å². The molecule has 2 atom stereocenters. The number of nitrogens with one attached hydrogen (secondary N) is 2. The topological polar surface area (TPSA) is 179 Å². The molecule has 0 bridgehead atoms.